The molecule has 0 bridgehead atoms. The van der Waals surface area contributed by atoms with Gasteiger partial charge < -0.3 is 10.4 Å². The van der Waals surface area contributed by atoms with Crippen LogP contribution in [0.5, 0.6) is 0 Å². The summed E-state index contributed by atoms with van der Waals surface area (Å²) in [6.07, 6.45) is 0. The van der Waals surface area contributed by atoms with Crippen molar-refractivity contribution in [2.45, 2.75) is 19.9 Å². The summed E-state index contributed by atoms with van der Waals surface area (Å²) in [6.45, 7) is 3.94. The average Bonchev–Trinajstić information content (AvgIpc) is 2.85. The molecule has 1 heterocycles. The zero-order valence-corrected chi connectivity index (χ0v) is 11.1. The van der Waals surface area contributed by atoms with Crippen LogP contribution in [0.1, 0.15) is 33.8 Å². The zero-order valence-electron chi connectivity index (χ0n) is 10.3. The van der Waals surface area contributed by atoms with Gasteiger partial charge in [-0.1, -0.05) is 18.2 Å². The van der Waals surface area contributed by atoms with E-state index in [9.17, 15) is 9.90 Å². The van der Waals surface area contributed by atoms with Gasteiger partial charge >= 0.3 is 5.97 Å². The minimum atomic E-state index is -0.903. The Labute approximate surface area is 110 Å². The molecule has 18 heavy (non-hydrogen) atoms. The van der Waals surface area contributed by atoms with Crippen LogP contribution < -0.4 is 5.32 Å². The molecule has 1 aromatic heterocycles. The fourth-order valence-corrected chi connectivity index (χ4v) is 2.60. The van der Waals surface area contributed by atoms with Crippen molar-refractivity contribution in [3.05, 3.63) is 51.7 Å². The predicted molar refractivity (Wildman–Crippen MR) is 74.5 cm³/mol. The van der Waals surface area contributed by atoms with Gasteiger partial charge in [0.1, 0.15) is 0 Å². The summed E-state index contributed by atoms with van der Waals surface area (Å²) in [7, 11) is 0. The zero-order chi connectivity index (χ0) is 13.1. The van der Waals surface area contributed by atoms with Gasteiger partial charge in [0.2, 0.25) is 0 Å². The number of thiophene rings is 1. The molecule has 0 spiro atoms. The number of benzene rings is 1. The molecule has 3 nitrogen and oxygen atoms in total. The Bertz CT molecular complexity index is 549. The lowest BCUT2D eigenvalue weighted by Gasteiger charge is -2.17. The number of nitrogens with one attached hydrogen (secondary N) is 1. The van der Waals surface area contributed by atoms with Crippen LogP contribution in [0.3, 0.4) is 0 Å². The second-order valence-corrected chi connectivity index (χ2v) is 5.16. The molecular weight excluding hydrogens is 246 g/mol. The lowest BCUT2D eigenvalue weighted by atomic mass is 10.1. The van der Waals surface area contributed by atoms with Crippen molar-refractivity contribution in [2.24, 2.45) is 0 Å². The summed E-state index contributed by atoms with van der Waals surface area (Å²) >= 11 is 1.66. The van der Waals surface area contributed by atoms with Crippen LogP contribution in [0, 0.1) is 6.92 Å². The molecule has 0 aliphatic heterocycles. The molecule has 94 valence electrons. The molecule has 1 aromatic carbocycles. The third kappa shape index (κ3) is 2.54. The van der Waals surface area contributed by atoms with Crippen LogP contribution in [0.25, 0.3) is 0 Å². The Morgan fingerprint density at radius 2 is 2.11 bits per heavy atom. The standard InChI is InChI=1S/C14H15NO2S/c1-9-5-3-6-11(14(16)17)13(9)15-10(2)12-7-4-8-18-12/h3-8,10,15H,1-2H3,(H,16,17). The maximum absolute atomic E-state index is 11.2. The van der Waals surface area contributed by atoms with Crippen molar-refractivity contribution in [2.75, 3.05) is 5.32 Å². The van der Waals surface area contributed by atoms with E-state index < -0.39 is 5.97 Å². The Hall–Kier alpha value is -1.81. The first-order valence-electron chi connectivity index (χ1n) is 5.72. The molecule has 4 heteroatoms. The van der Waals surface area contributed by atoms with Crippen LogP contribution in [0.2, 0.25) is 0 Å². The Morgan fingerprint density at radius 1 is 1.33 bits per heavy atom. The normalized spacial score (nSPS) is 12.1. The number of carboxylic acid groups (broad SMARTS) is 1. The lowest BCUT2D eigenvalue weighted by molar-refractivity contribution is 0.0698. The van der Waals surface area contributed by atoms with Gasteiger partial charge in [-0.25, -0.2) is 4.79 Å². The van der Waals surface area contributed by atoms with E-state index in [1.54, 1.807) is 23.5 Å². The maximum Gasteiger partial charge on any atom is 0.337 e. The SMILES string of the molecule is Cc1cccc(C(=O)O)c1NC(C)c1cccs1. The van der Waals surface area contributed by atoms with Crippen molar-refractivity contribution >= 4 is 23.0 Å². The number of hydrogen-bond acceptors (Lipinski definition) is 3. The van der Waals surface area contributed by atoms with E-state index in [0.29, 0.717) is 11.3 Å². The number of rotatable bonds is 4. The first-order chi connectivity index (χ1) is 8.59. The minimum Gasteiger partial charge on any atom is -0.478 e. The van der Waals surface area contributed by atoms with Crippen molar-refractivity contribution in [3.63, 3.8) is 0 Å². The molecule has 2 N–H and O–H groups in total. The molecule has 0 saturated carbocycles. The number of carboxylic acids is 1. The van der Waals surface area contributed by atoms with Gasteiger partial charge in [0, 0.05) is 4.88 Å². The van der Waals surface area contributed by atoms with Crippen molar-refractivity contribution in [1.29, 1.82) is 0 Å². The van der Waals surface area contributed by atoms with E-state index in [-0.39, 0.29) is 6.04 Å². The number of carbonyl (C=O) groups is 1. The van der Waals surface area contributed by atoms with Gasteiger partial charge in [-0.15, -0.1) is 11.3 Å². The number of hydrogen-bond donors (Lipinski definition) is 2. The number of aryl methyl sites for hydroxylation is 1. The second-order valence-electron chi connectivity index (χ2n) is 4.18. The lowest BCUT2D eigenvalue weighted by Crippen LogP contribution is -2.11. The average molecular weight is 261 g/mol. The number of anilines is 1. The Kier molecular flexibility index (Phi) is 3.67. The minimum absolute atomic E-state index is 0.101. The summed E-state index contributed by atoms with van der Waals surface area (Å²) in [4.78, 5) is 12.4. The first-order valence-corrected chi connectivity index (χ1v) is 6.60. The molecular formula is C14H15NO2S. The topological polar surface area (TPSA) is 49.3 Å². The molecule has 0 fully saturated rings. The van der Waals surface area contributed by atoms with E-state index in [2.05, 4.69) is 5.32 Å². The predicted octanol–water partition coefficient (Wildman–Crippen LogP) is 3.93. The highest BCUT2D eigenvalue weighted by molar-refractivity contribution is 7.10. The Morgan fingerprint density at radius 3 is 2.72 bits per heavy atom. The molecule has 0 aliphatic rings. The van der Waals surface area contributed by atoms with Crippen LogP contribution in [-0.2, 0) is 0 Å². The van der Waals surface area contributed by atoms with Crippen LogP contribution in [0.4, 0.5) is 5.69 Å². The van der Waals surface area contributed by atoms with Gasteiger partial charge in [0.15, 0.2) is 0 Å². The largest absolute Gasteiger partial charge is 0.478 e. The van der Waals surface area contributed by atoms with Gasteiger partial charge in [-0.05, 0) is 36.9 Å². The molecule has 0 saturated heterocycles. The maximum atomic E-state index is 11.2. The van der Waals surface area contributed by atoms with E-state index in [4.69, 9.17) is 0 Å². The number of para-hydroxylation sites is 1. The second kappa shape index (κ2) is 5.23. The van der Waals surface area contributed by atoms with Gasteiger partial charge in [-0.2, -0.15) is 0 Å². The van der Waals surface area contributed by atoms with E-state index in [1.165, 1.54) is 4.88 Å². The van der Waals surface area contributed by atoms with Crippen molar-refractivity contribution in [1.82, 2.24) is 0 Å². The molecule has 0 amide bonds. The molecule has 1 atom stereocenters. The molecule has 0 radical (unpaired) electrons. The monoisotopic (exact) mass is 261 g/mol. The van der Waals surface area contributed by atoms with Crippen LogP contribution >= 0.6 is 11.3 Å². The van der Waals surface area contributed by atoms with E-state index in [0.717, 1.165) is 5.56 Å². The fourth-order valence-electron chi connectivity index (χ4n) is 1.86. The third-order valence-electron chi connectivity index (χ3n) is 2.83. The highest BCUT2D eigenvalue weighted by Gasteiger charge is 2.15. The van der Waals surface area contributed by atoms with Crippen LogP contribution in [0.15, 0.2) is 35.7 Å². The molecule has 0 aliphatic carbocycles. The Balaban J connectivity index is 2.31. The highest BCUT2D eigenvalue weighted by atomic mass is 32.1. The summed E-state index contributed by atoms with van der Waals surface area (Å²) in [6, 6.07) is 9.44. The van der Waals surface area contributed by atoms with Gasteiger partial charge in [0.05, 0.1) is 17.3 Å². The van der Waals surface area contributed by atoms with E-state index in [1.807, 2.05) is 37.4 Å². The van der Waals surface area contributed by atoms with Crippen LogP contribution in [-0.4, -0.2) is 11.1 Å². The highest BCUT2D eigenvalue weighted by Crippen LogP contribution is 2.27. The summed E-state index contributed by atoms with van der Waals surface area (Å²) in [5.41, 5.74) is 1.96. The smallest absolute Gasteiger partial charge is 0.337 e. The third-order valence-corrected chi connectivity index (χ3v) is 3.89. The summed E-state index contributed by atoms with van der Waals surface area (Å²) < 4.78 is 0. The van der Waals surface area contributed by atoms with E-state index >= 15 is 0 Å². The summed E-state index contributed by atoms with van der Waals surface area (Å²) in [5.74, 6) is -0.903. The van der Waals surface area contributed by atoms with Gasteiger partial charge in [-0.3, -0.25) is 0 Å². The first kappa shape index (κ1) is 12.6. The summed E-state index contributed by atoms with van der Waals surface area (Å²) in [5, 5.41) is 14.5. The fraction of sp³-hybridized carbons (Fsp3) is 0.214. The molecule has 1 unspecified atom stereocenters. The van der Waals surface area contributed by atoms with Crippen molar-refractivity contribution < 1.29 is 9.90 Å². The number of aromatic carboxylic acids is 1. The molecule has 2 aromatic rings. The van der Waals surface area contributed by atoms with Crippen molar-refractivity contribution in [3.8, 4) is 0 Å². The molecule has 2 rings (SSSR count). The quantitative estimate of drug-likeness (QED) is 0.876. The van der Waals surface area contributed by atoms with Gasteiger partial charge in [0.25, 0.3) is 0 Å².